The fourth-order valence-electron chi connectivity index (χ4n) is 4.03. The van der Waals surface area contributed by atoms with Crippen LogP contribution >= 0.6 is 0 Å². The molecular weight excluding hydrogens is 284 g/mol. The molecule has 0 bridgehead atoms. The highest BCUT2D eigenvalue weighted by Gasteiger charge is 2.57. The van der Waals surface area contributed by atoms with Crippen molar-refractivity contribution in [1.82, 2.24) is 15.5 Å². The lowest BCUT2D eigenvalue weighted by atomic mass is 9.59. The summed E-state index contributed by atoms with van der Waals surface area (Å²) < 4.78 is 26.6. The molecule has 2 N–H and O–H groups in total. The zero-order chi connectivity index (χ0) is 15.2. The Morgan fingerprint density at radius 3 is 2.50 bits per heavy atom. The predicted octanol–water partition coefficient (Wildman–Crippen LogP) is 3.92. The minimum Gasteiger partial charge on any atom is -0.310 e. The maximum absolute atomic E-state index is 13.3. The second-order valence-corrected chi connectivity index (χ2v) is 6.76. The zero-order valence-corrected chi connectivity index (χ0v) is 12.3. The summed E-state index contributed by atoms with van der Waals surface area (Å²) in [5.41, 5.74) is 3.10. The van der Waals surface area contributed by atoms with E-state index in [0.717, 1.165) is 30.6 Å². The summed E-state index contributed by atoms with van der Waals surface area (Å²) >= 11 is 0. The van der Waals surface area contributed by atoms with E-state index in [2.05, 4.69) is 39.8 Å². The molecule has 4 rings (SSSR count). The number of halogens is 2. The van der Waals surface area contributed by atoms with E-state index in [-0.39, 0.29) is 24.3 Å². The molecule has 2 aliphatic rings. The standard InChI is InChI=1S/C17H19F2N3/c18-17(19)10-16(11-17)6-8-20-15(9-16)13-3-1-12(2-4-13)14-5-7-21-22-14/h1-5,7,15,20H,6,8-11H2,(H,21,22)/t15-/m1/s1. The van der Waals surface area contributed by atoms with Gasteiger partial charge in [0, 0.05) is 25.1 Å². The van der Waals surface area contributed by atoms with Crippen LogP contribution in [0.1, 0.15) is 37.3 Å². The summed E-state index contributed by atoms with van der Waals surface area (Å²) in [6, 6.07) is 10.4. The number of benzene rings is 1. The number of aromatic nitrogens is 2. The molecule has 2 heterocycles. The van der Waals surface area contributed by atoms with Crippen molar-refractivity contribution in [2.24, 2.45) is 5.41 Å². The quantitative estimate of drug-likeness (QED) is 0.883. The molecular formula is C17H19F2N3. The number of rotatable bonds is 2. The lowest BCUT2D eigenvalue weighted by Gasteiger charge is -2.52. The van der Waals surface area contributed by atoms with Crippen molar-refractivity contribution in [3.63, 3.8) is 0 Å². The third-order valence-corrected chi connectivity index (χ3v) is 5.08. The third-order valence-electron chi connectivity index (χ3n) is 5.08. The molecule has 0 radical (unpaired) electrons. The Morgan fingerprint density at radius 1 is 1.09 bits per heavy atom. The number of alkyl halides is 2. The van der Waals surface area contributed by atoms with Crippen molar-refractivity contribution in [3.05, 3.63) is 42.1 Å². The molecule has 5 heteroatoms. The van der Waals surface area contributed by atoms with E-state index in [4.69, 9.17) is 0 Å². The molecule has 2 aromatic rings. The fourth-order valence-corrected chi connectivity index (χ4v) is 4.03. The van der Waals surface area contributed by atoms with Gasteiger partial charge in [-0.2, -0.15) is 5.10 Å². The average Bonchev–Trinajstić information content (AvgIpc) is 3.00. The van der Waals surface area contributed by atoms with Crippen LogP contribution in [0.3, 0.4) is 0 Å². The van der Waals surface area contributed by atoms with E-state index in [9.17, 15) is 8.78 Å². The van der Waals surface area contributed by atoms with Crippen LogP contribution in [0, 0.1) is 5.41 Å². The van der Waals surface area contributed by atoms with E-state index in [0.29, 0.717) is 0 Å². The summed E-state index contributed by atoms with van der Waals surface area (Å²) in [5, 5.41) is 10.4. The van der Waals surface area contributed by atoms with E-state index in [1.165, 1.54) is 5.56 Å². The molecule has 1 atom stereocenters. The summed E-state index contributed by atoms with van der Waals surface area (Å²) in [5.74, 6) is -2.44. The van der Waals surface area contributed by atoms with Crippen molar-refractivity contribution in [1.29, 1.82) is 0 Å². The summed E-state index contributed by atoms with van der Waals surface area (Å²) in [6.07, 6.45) is 3.53. The smallest absolute Gasteiger partial charge is 0.249 e. The van der Waals surface area contributed by atoms with E-state index < -0.39 is 5.92 Å². The molecule has 1 aromatic carbocycles. The van der Waals surface area contributed by atoms with Gasteiger partial charge in [0.05, 0.1) is 5.69 Å². The Bertz CT molecular complexity index is 641. The number of H-pyrrole nitrogens is 1. The normalized spacial score (nSPS) is 25.8. The lowest BCUT2D eigenvalue weighted by molar-refractivity contribution is -0.174. The summed E-state index contributed by atoms with van der Waals surface area (Å²) in [6.45, 7) is 0.822. The molecule has 1 aromatic heterocycles. The van der Waals surface area contributed by atoms with Gasteiger partial charge in [-0.25, -0.2) is 8.78 Å². The van der Waals surface area contributed by atoms with Gasteiger partial charge >= 0.3 is 0 Å². The highest BCUT2D eigenvalue weighted by atomic mass is 19.3. The Morgan fingerprint density at radius 2 is 1.86 bits per heavy atom. The van der Waals surface area contributed by atoms with Crippen LogP contribution in [-0.2, 0) is 0 Å². The summed E-state index contributed by atoms with van der Waals surface area (Å²) in [7, 11) is 0. The van der Waals surface area contributed by atoms with Gasteiger partial charge in [0.1, 0.15) is 0 Å². The van der Waals surface area contributed by atoms with Crippen LogP contribution in [0.15, 0.2) is 36.5 Å². The van der Waals surface area contributed by atoms with E-state index in [1.54, 1.807) is 6.20 Å². The molecule has 0 amide bonds. The van der Waals surface area contributed by atoms with Gasteiger partial charge in [0.25, 0.3) is 0 Å². The second kappa shape index (κ2) is 4.88. The van der Waals surface area contributed by atoms with Crippen molar-refractivity contribution in [2.75, 3.05) is 6.54 Å². The monoisotopic (exact) mass is 303 g/mol. The van der Waals surface area contributed by atoms with Crippen LogP contribution in [-0.4, -0.2) is 22.7 Å². The van der Waals surface area contributed by atoms with Gasteiger partial charge in [-0.15, -0.1) is 0 Å². The Balaban J connectivity index is 1.50. The molecule has 1 saturated carbocycles. The first kappa shape index (κ1) is 13.9. The first-order valence-electron chi connectivity index (χ1n) is 7.76. The Kier molecular flexibility index (Phi) is 3.08. The van der Waals surface area contributed by atoms with Crippen LogP contribution in [0.2, 0.25) is 0 Å². The Labute approximate surface area is 128 Å². The molecule has 1 aliphatic carbocycles. The van der Waals surface area contributed by atoms with Crippen LogP contribution < -0.4 is 5.32 Å². The first-order valence-corrected chi connectivity index (χ1v) is 7.76. The van der Waals surface area contributed by atoms with E-state index >= 15 is 0 Å². The molecule has 1 saturated heterocycles. The number of hydrogen-bond donors (Lipinski definition) is 2. The SMILES string of the molecule is FC1(F)CC2(CCN[C@@H](c3ccc(-c4ccn[nH]4)cc3)C2)C1. The van der Waals surface area contributed by atoms with Gasteiger partial charge in [-0.1, -0.05) is 24.3 Å². The highest BCUT2D eigenvalue weighted by molar-refractivity contribution is 5.58. The maximum atomic E-state index is 13.3. The minimum atomic E-state index is -2.44. The van der Waals surface area contributed by atoms with Gasteiger partial charge < -0.3 is 5.32 Å². The molecule has 2 fully saturated rings. The van der Waals surface area contributed by atoms with Gasteiger partial charge in [0.15, 0.2) is 0 Å². The molecule has 1 spiro atoms. The lowest BCUT2D eigenvalue weighted by Crippen LogP contribution is -2.52. The zero-order valence-electron chi connectivity index (χ0n) is 12.3. The molecule has 116 valence electrons. The fraction of sp³-hybridized carbons (Fsp3) is 0.471. The molecule has 0 unspecified atom stereocenters. The van der Waals surface area contributed by atoms with Crippen LogP contribution in [0.4, 0.5) is 8.78 Å². The van der Waals surface area contributed by atoms with Gasteiger partial charge in [0.2, 0.25) is 5.92 Å². The average molecular weight is 303 g/mol. The molecule has 3 nitrogen and oxygen atoms in total. The molecule has 1 aliphatic heterocycles. The van der Waals surface area contributed by atoms with E-state index in [1.807, 2.05) is 6.07 Å². The largest absolute Gasteiger partial charge is 0.310 e. The first-order chi connectivity index (χ1) is 10.6. The second-order valence-electron chi connectivity index (χ2n) is 6.76. The van der Waals surface area contributed by atoms with Gasteiger partial charge in [-0.05, 0) is 42.0 Å². The number of piperidine rings is 1. The number of nitrogens with one attached hydrogen (secondary N) is 2. The van der Waals surface area contributed by atoms with Crippen molar-refractivity contribution in [3.8, 4) is 11.3 Å². The van der Waals surface area contributed by atoms with Crippen LogP contribution in [0.5, 0.6) is 0 Å². The van der Waals surface area contributed by atoms with Crippen molar-refractivity contribution >= 4 is 0 Å². The number of aromatic amines is 1. The highest BCUT2D eigenvalue weighted by Crippen LogP contribution is 2.58. The third kappa shape index (κ3) is 2.43. The number of hydrogen-bond acceptors (Lipinski definition) is 2. The minimum absolute atomic E-state index is 0.0599. The van der Waals surface area contributed by atoms with Crippen molar-refractivity contribution in [2.45, 2.75) is 37.6 Å². The van der Waals surface area contributed by atoms with Crippen molar-refractivity contribution < 1.29 is 8.78 Å². The summed E-state index contributed by atoms with van der Waals surface area (Å²) in [4.78, 5) is 0. The topological polar surface area (TPSA) is 40.7 Å². The maximum Gasteiger partial charge on any atom is 0.249 e. The molecule has 22 heavy (non-hydrogen) atoms. The Hall–Kier alpha value is -1.75. The number of nitrogens with zero attached hydrogens (tertiary/aromatic N) is 1. The van der Waals surface area contributed by atoms with Crippen LogP contribution in [0.25, 0.3) is 11.3 Å². The van der Waals surface area contributed by atoms with Gasteiger partial charge in [-0.3, -0.25) is 5.10 Å². The predicted molar refractivity (Wildman–Crippen MR) is 80.6 cm³/mol.